The molecule has 2 heterocycles. The molecule has 1 saturated heterocycles. The summed E-state index contributed by atoms with van der Waals surface area (Å²) in [5, 5.41) is 6.11. The van der Waals surface area contributed by atoms with Crippen molar-refractivity contribution in [2.75, 3.05) is 22.8 Å². The fourth-order valence-corrected chi connectivity index (χ4v) is 2.91. The summed E-state index contributed by atoms with van der Waals surface area (Å²) in [5.41, 5.74) is 5.78. The third-order valence-electron chi connectivity index (χ3n) is 2.36. The van der Waals surface area contributed by atoms with E-state index >= 15 is 0 Å². The van der Waals surface area contributed by atoms with Crippen LogP contribution in [0, 0.1) is 0 Å². The third-order valence-corrected chi connectivity index (χ3v) is 3.68. The molecule has 1 aliphatic heterocycles. The molecule has 0 aliphatic carbocycles. The Bertz CT molecular complexity index is 450. The normalized spacial score (nSPS) is 21.1. The second kappa shape index (κ2) is 4.30. The number of aromatic amines is 1. The van der Waals surface area contributed by atoms with Crippen molar-refractivity contribution in [1.29, 1.82) is 0 Å². The highest BCUT2D eigenvalue weighted by atomic mass is 32.2. The summed E-state index contributed by atoms with van der Waals surface area (Å²) in [6, 6.07) is 0. The number of hydrogen-bond donors (Lipinski definition) is 3. The van der Waals surface area contributed by atoms with Gasteiger partial charge in [0.1, 0.15) is 0 Å². The average Bonchev–Trinajstić information content (AvgIpc) is 2.78. The number of anilines is 2. The van der Waals surface area contributed by atoms with Crippen molar-refractivity contribution in [2.24, 2.45) is 0 Å². The molecule has 0 aromatic carbocycles. The third kappa shape index (κ3) is 2.64. The van der Waals surface area contributed by atoms with E-state index in [2.05, 4.69) is 14.9 Å². The Labute approximate surface area is 93.4 Å². The van der Waals surface area contributed by atoms with Crippen molar-refractivity contribution in [3.05, 3.63) is 6.20 Å². The maximum absolute atomic E-state index is 11.7. The minimum atomic E-state index is -3.44. The van der Waals surface area contributed by atoms with Crippen molar-refractivity contribution in [2.45, 2.75) is 18.9 Å². The van der Waals surface area contributed by atoms with Crippen LogP contribution in [0.25, 0.3) is 0 Å². The number of nitrogens with one attached hydrogen (secondary N) is 2. The first-order valence-electron chi connectivity index (χ1n) is 4.98. The van der Waals surface area contributed by atoms with Gasteiger partial charge in [0.15, 0.2) is 5.82 Å². The number of sulfonamides is 1. The maximum Gasteiger partial charge on any atom is 0.236 e. The van der Waals surface area contributed by atoms with Crippen LogP contribution in [0.1, 0.15) is 12.8 Å². The summed E-state index contributed by atoms with van der Waals surface area (Å²) in [5.74, 6) is 0.156. The smallest absolute Gasteiger partial charge is 0.236 e. The first kappa shape index (κ1) is 11.2. The molecule has 16 heavy (non-hydrogen) atoms. The van der Waals surface area contributed by atoms with Crippen LogP contribution in [-0.2, 0) is 14.8 Å². The van der Waals surface area contributed by atoms with Crippen LogP contribution < -0.4 is 10.5 Å². The fraction of sp³-hybridized carbons (Fsp3) is 0.625. The molecule has 8 heteroatoms. The monoisotopic (exact) mass is 246 g/mol. The van der Waals surface area contributed by atoms with Crippen LogP contribution in [-0.4, -0.2) is 37.1 Å². The molecule has 2 rings (SSSR count). The zero-order valence-electron chi connectivity index (χ0n) is 8.64. The summed E-state index contributed by atoms with van der Waals surface area (Å²) >= 11 is 0. The van der Waals surface area contributed by atoms with Gasteiger partial charge in [0.2, 0.25) is 10.0 Å². The van der Waals surface area contributed by atoms with Gasteiger partial charge >= 0.3 is 0 Å². The molecule has 0 bridgehead atoms. The summed E-state index contributed by atoms with van der Waals surface area (Å²) in [6.45, 7) is 0.631. The summed E-state index contributed by atoms with van der Waals surface area (Å²) in [4.78, 5) is 0. The SMILES string of the molecule is Nc1cn[nH]c1NS(=O)(=O)CC1CCCO1. The van der Waals surface area contributed by atoms with E-state index in [4.69, 9.17) is 10.5 Å². The molecule has 0 amide bonds. The van der Waals surface area contributed by atoms with Crippen molar-refractivity contribution in [3.63, 3.8) is 0 Å². The van der Waals surface area contributed by atoms with Crippen LogP contribution in [0.3, 0.4) is 0 Å². The van der Waals surface area contributed by atoms with Crippen molar-refractivity contribution in [3.8, 4) is 0 Å². The molecule has 0 saturated carbocycles. The Balaban J connectivity index is 2.00. The topological polar surface area (TPSA) is 110 Å². The molecule has 0 radical (unpaired) electrons. The molecule has 1 aliphatic rings. The van der Waals surface area contributed by atoms with Crippen molar-refractivity contribution in [1.82, 2.24) is 10.2 Å². The summed E-state index contributed by atoms with van der Waals surface area (Å²) in [7, 11) is -3.44. The quantitative estimate of drug-likeness (QED) is 0.687. The largest absolute Gasteiger partial charge is 0.394 e. The number of aromatic nitrogens is 2. The van der Waals surface area contributed by atoms with Crippen LogP contribution >= 0.6 is 0 Å². The van der Waals surface area contributed by atoms with Gasteiger partial charge in [-0.05, 0) is 12.8 Å². The second-order valence-corrected chi connectivity index (χ2v) is 5.49. The lowest BCUT2D eigenvalue weighted by Gasteiger charge is -2.11. The zero-order valence-corrected chi connectivity index (χ0v) is 9.46. The molecule has 90 valence electrons. The molecular weight excluding hydrogens is 232 g/mol. The number of hydrogen-bond acceptors (Lipinski definition) is 5. The van der Waals surface area contributed by atoms with E-state index in [1.54, 1.807) is 0 Å². The standard InChI is InChI=1S/C8H14N4O3S/c9-7-4-10-11-8(7)12-16(13,14)5-6-2-1-3-15-6/h4,6H,1-3,5,9H2,(H2,10,11,12). The number of H-pyrrole nitrogens is 1. The molecule has 1 atom stereocenters. The summed E-state index contributed by atoms with van der Waals surface area (Å²) < 4.78 is 31.0. The Morgan fingerprint density at radius 3 is 3.06 bits per heavy atom. The maximum atomic E-state index is 11.7. The number of nitrogens with two attached hydrogens (primary N) is 1. The lowest BCUT2D eigenvalue weighted by molar-refractivity contribution is 0.127. The molecule has 1 aromatic heterocycles. The molecule has 1 fully saturated rings. The zero-order chi connectivity index (χ0) is 11.6. The van der Waals surface area contributed by atoms with Gasteiger partial charge in [0.05, 0.1) is 23.7 Å². The minimum Gasteiger partial charge on any atom is -0.394 e. The van der Waals surface area contributed by atoms with Crippen LogP contribution in [0.5, 0.6) is 0 Å². The van der Waals surface area contributed by atoms with E-state index in [0.29, 0.717) is 6.61 Å². The van der Waals surface area contributed by atoms with Gasteiger partial charge in [0, 0.05) is 6.61 Å². The van der Waals surface area contributed by atoms with Gasteiger partial charge in [-0.25, -0.2) is 8.42 Å². The molecule has 0 spiro atoms. The van der Waals surface area contributed by atoms with Gasteiger partial charge < -0.3 is 10.5 Å². The second-order valence-electron chi connectivity index (χ2n) is 3.72. The predicted octanol–water partition coefficient (Wildman–Crippen LogP) is -0.0874. The lowest BCUT2D eigenvalue weighted by atomic mass is 10.3. The first-order chi connectivity index (χ1) is 7.57. The van der Waals surface area contributed by atoms with Gasteiger partial charge in [-0.3, -0.25) is 9.82 Å². The van der Waals surface area contributed by atoms with E-state index in [1.165, 1.54) is 6.20 Å². The van der Waals surface area contributed by atoms with E-state index in [0.717, 1.165) is 12.8 Å². The highest BCUT2D eigenvalue weighted by Crippen LogP contribution is 2.18. The number of rotatable bonds is 4. The number of ether oxygens (including phenoxy) is 1. The van der Waals surface area contributed by atoms with E-state index < -0.39 is 10.0 Å². The van der Waals surface area contributed by atoms with E-state index in [-0.39, 0.29) is 23.4 Å². The highest BCUT2D eigenvalue weighted by molar-refractivity contribution is 7.92. The first-order valence-corrected chi connectivity index (χ1v) is 6.63. The van der Waals surface area contributed by atoms with Gasteiger partial charge in [0.25, 0.3) is 0 Å². The average molecular weight is 246 g/mol. The highest BCUT2D eigenvalue weighted by Gasteiger charge is 2.24. The molecular formula is C8H14N4O3S. The molecule has 1 unspecified atom stereocenters. The Morgan fingerprint density at radius 1 is 1.69 bits per heavy atom. The Kier molecular flexibility index (Phi) is 3.01. The lowest BCUT2D eigenvalue weighted by Crippen LogP contribution is -2.26. The van der Waals surface area contributed by atoms with E-state index in [1.807, 2.05) is 0 Å². The van der Waals surface area contributed by atoms with Crippen LogP contribution in [0.4, 0.5) is 11.5 Å². The van der Waals surface area contributed by atoms with Gasteiger partial charge in [-0.1, -0.05) is 0 Å². The molecule has 7 nitrogen and oxygen atoms in total. The molecule has 4 N–H and O–H groups in total. The van der Waals surface area contributed by atoms with Crippen LogP contribution in [0.2, 0.25) is 0 Å². The van der Waals surface area contributed by atoms with E-state index in [9.17, 15) is 8.42 Å². The summed E-state index contributed by atoms with van der Waals surface area (Å²) in [6.07, 6.45) is 2.82. The Hall–Kier alpha value is -1.28. The number of nitrogen functional groups attached to an aromatic ring is 1. The minimum absolute atomic E-state index is 0.0501. The van der Waals surface area contributed by atoms with Gasteiger partial charge in [-0.2, -0.15) is 5.10 Å². The van der Waals surface area contributed by atoms with Crippen molar-refractivity contribution < 1.29 is 13.2 Å². The number of nitrogens with zero attached hydrogens (tertiary/aromatic N) is 1. The Morgan fingerprint density at radius 2 is 2.50 bits per heavy atom. The van der Waals surface area contributed by atoms with Gasteiger partial charge in [-0.15, -0.1) is 0 Å². The molecule has 1 aromatic rings. The fourth-order valence-electron chi connectivity index (χ4n) is 1.59. The van der Waals surface area contributed by atoms with Crippen molar-refractivity contribution >= 4 is 21.5 Å². The van der Waals surface area contributed by atoms with Crippen LogP contribution in [0.15, 0.2) is 6.20 Å². The predicted molar refractivity (Wildman–Crippen MR) is 59.4 cm³/mol.